The third kappa shape index (κ3) is 2.10. The Morgan fingerprint density at radius 1 is 1.35 bits per heavy atom. The molecule has 0 fully saturated rings. The Bertz CT molecular complexity index is 579. The van der Waals surface area contributed by atoms with Gasteiger partial charge in [-0.2, -0.15) is 0 Å². The number of rotatable bonds is 2. The second-order valence-corrected chi connectivity index (χ2v) is 3.78. The minimum absolute atomic E-state index is 0.0971. The molecule has 2 aromatic rings. The van der Waals surface area contributed by atoms with Gasteiger partial charge in [-0.3, -0.25) is 4.98 Å². The van der Waals surface area contributed by atoms with Gasteiger partial charge in [-0.05, 0) is 18.6 Å². The molecule has 0 atom stereocenters. The van der Waals surface area contributed by atoms with Gasteiger partial charge in [0.15, 0.2) is 0 Å². The number of nitrogens with zero attached hydrogens (tertiary/aromatic N) is 1. The molecule has 0 amide bonds. The topological polar surface area (TPSA) is 76.2 Å². The van der Waals surface area contributed by atoms with Crippen LogP contribution in [0.1, 0.15) is 15.9 Å². The van der Waals surface area contributed by atoms with Crippen LogP contribution in [0.25, 0.3) is 11.3 Å². The molecule has 2 rings (SSSR count). The molecule has 3 N–H and O–H groups in total. The third-order valence-electron chi connectivity index (χ3n) is 2.56. The number of benzene rings is 1. The summed E-state index contributed by atoms with van der Waals surface area (Å²) in [5.74, 6) is -1.03. The summed E-state index contributed by atoms with van der Waals surface area (Å²) in [5, 5.41) is 8.83. The number of hydrogen-bond donors (Lipinski definition) is 2. The van der Waals surface area contributed by atoms with Gasteiger partial charge in [-0.15, -0.1) is 0 Å². The van der Waals surface area contributed by atoms with Crippen molar-refractivity contribution in [2.45, 2.75) is 6.92 Å². The van der Waals surface area contributed by atoms with Crippen LogP contribution in [-0.2, 0) is 0 Å². The minimum Gasteiger partial charge on any atom is -0.478 e. The number of pyridine rings is 1. The van der Waals surface area contributed by atoms with Crippen molar-refractivity contribution in [3.63, 3.8) is 0 Å². The third-order valence-corrected chi connectivity index (χ3v) is 2.56. The lowest BCUT2D eigenvalue weighted by atomic mass is 10.0. The average Bonchev–Trinajstić information content (AvgIpc) is 2.30. The Balaban J connectivity index is 2.55. The predicted molar refractivity (Wildman–Crippen MR) is 65.8 cm³/mol. The van der Waals surface area contributed by atoms with E-state index in [1.165, 1.54) is 12.3 Å². The molecule has 0 bridgehead atoms. The number of anilines is 1. The highest BCUT2D eigenvalue weighted by atomic mass is 16.4. The van der Waals surface area contributed by atoms with Gasteiger partial charge in [-0.1, -0.05) is 24.3 Å². The molecule has 0 aliphatic heterocycles. The maximum atomic E-state index is 10.8. The summed E-state index contributed by atoms with van der Waals surface area (Å²) in [4.78, 5) is 14.9. The van der Waals surface area contributed by atoms with Gasteiger partial charge in [0.05, 0.1) is 16.9 Å². The summed E-state index contributed by atoms with van der Waals surface area (Å²) < 4.78 is 0. The van der Waals surface area contributed by atoms with E-state index in [2.05, 4.69) is 4.98 Å². The molecule has 0 aliphatic carbocycles. The number of aromatic carboxylic acids is 1. The standard InChI is InChI=1S/C13H12N2O2/c1-8-4-2-3-5-10(8)12-11(14)6-9(7-15-12)13(16)17/h2-7H,14H2,1H3,(H,16,17). The highest BCUT2D eigenvalue weighted by Gasteiger charge is 2.10. The fourth-order valence-electron chi connectivity index (χ4n) is 1.66. The number of nitrogens with two attached hydrogens (primary N) is 1. The fourth-order valence-corrected chi connectivity index (χ4v) is 1.66. The van der Waals surface area contributed by atoms with Gasteiger partial charge in [0.1, 0.15) is 0 Å². The highest BCUT2D eigenvalue weighted by Crippen LogP contribution is 2.26. The molecule has 0 saturated carbocycles. The van der Waals surface area contributed by atoms with Crippen LogP contribution < -0.4 is 5.73 Å². The van der Waals surface area contributed by atoms with Gasteiger partial charge in [-0.25, -0.2) is 4.79 Å². The first-order chi connectivity index (χ1) is 8.09. The molecular weight excluding hydrogens is 216 g/mol. The van der Waals surface area contributed by atoms with Gasteiger partial charge < -0.3 is 10.8 Å². The normalized spacial score (nSPS) is 10.2. The Morgan fingerprint density at radius 3 is 2.65 bits per heavy atom. The molecule has 0 unspecified atom stereocenters. The van der Waals surface area contributed by atoms with E-state index in [0.717, 1.165) is 11.1 Å². The molecule has 0 radical (unpaired) electrons. The van der Waals surface area contributed by atoms with Gasteiger partial charge in [0, 0.05) is 11.8 Å². The minimum atomic E-state index is -1.03. The first-order valence-electron chi connectivity index (χ1n) is 5.14. The fraction of sp³-hybridized carbons (Fsp3) is 0.0769. The van der Waals surface area contributed by atoms with Crippen molar-refractivity contribution in [3.8, 4) is 11.3 Å². The molecule has 1 heterocycles. The summed E-state index contributed by atoms with van der Waals surface area (Å²) in [6.45, 7) is 1.96. The summed E-state index contributed by atoms with van der Waals surface area (Å²) in [7, 11) is 0. The maximum absolute atomic E-state index is 10.8. The van der Waals surface area contributed by atoms with Crippen molar-refractivity contribution in [1.29, 1.82) is 0 Å². The van der Waals surface area contributed by atoms with Crippen LogP contribution in [0.15, 0.2) is 36.5 Å². The van der Waals surface area contributed by atoms with Crippen LogP contribution in [0.4, 0.5) is 5.69 Å². The van der Waals surface area contributed by atoms with Crippen LogP contribution in [0.3, 0.4) is 0 Å². The number of carboxylic acids is 1. The molecule has 86 valence electrons. The monoisotopic (exact) mass is 228 g/mol. The van der Waals surface area contributed by atoms with Crippen molar-refractivity contribution in [2.75, 3.05) is 5.73 Å². The van der Waals surface area contributed by atoms with E-state index in [9.17, 15) is 4.79 Å². The lowest BCUT2D eigenvalue weighted by molar-refractivity contribution is 0.0696. The zero-order valence-electron chi connectivity index (χ0n) is 9.34. The molecule has 0 spiro atoms. The SMILES string of the molecule is Cc1ccccc1-c1ncc(C(=O)O)cc1N. The van der Waals surface area contributed by atoms with E-state index in [4.69, 9.17) is 10.8 Å². The van der Waals surface area contributed by atoms with Crippen molar-refractivity contribution in [1.82, 2.24) is 4.98 Å². The molecule has 1 aromatic heterocycles. The van der Waals surface area contributed by atoms with E-state index >= 15 is 0 Å². The molecule has 0 saturated heterocycles. The Morgan fingerprint density at radius 2 is 2.06 bits per heavy atom. The van der Waals surface area contributed by atoms with Gasteiger partial charge >= 0.3 is 5.97 Å². The van der Waals surface area contributed by atoms with Gasteiger partial charge in [0.25, 0.3) is 0 Å². The number of carboxylic acid groups (broad SMARTS) is 1. The summed E-state index contributed by atoms with van der Waals surface area (Å²) in [6, 6.07) is 9.13. The molecule has 0 aliphatic rings. The Hall–Kier alpha value is -2.36. The zero-order chi connectivity index (χ0) is 12.4. The molecule has 4 nitrogen and oxygen atoms in total. The van der Waals surface area contributed by atoms with Crippen molar-refractivity contribution < 1.29 is 9.90 Å². The summed E-state index contributed by atoms with van der Waals surface area (Å²) in [5.41, 5.74) is 8.89. The second-order valence-electron chi connectivity index (χ2n) is 3.78. The van der Waals surface area contributed by atoms with Crippen molar-refractivity contribution in [2.24, 2.45) is 0 Å². The van der Waals surface area contributed by atoms with Crippen LogP contribution in [0.5, 0.6) is 0 Å². The Kier molecular flexibility index (Phi) is 2.78. The molecular formula is C13H12N2O2. The van der Waals surface area contributed by atoms with Crippen LogP contribution in [-0.4, -0.2) is 16.1 Å². The van der Waals surface area contributed by atoms with E-state index in [0.29, 0.717) is 11.4 Å². The largest absolute Gasteiger partial charge is 0.478 e. The first kappa shape index (κ1) is 11.1. The van der Waals surface area contributed by atoms with Gasteiger partial charge in [0.2, 0.25) is 0 Å². The average molecular weight is 228 g/mol. The molecule has 4 heteroatoms. The Labute approximate surface area is 98.7 Å². The predicted octanol–water partition coefficient (Wildman–Crippen LogP) is 2.34. The van der Waals surface area contributed by atoms with E-state index in [-0.39, 0.29) is 5.56 Å². The van der Waals surface area contributed by atoms with E-state index in [1.54, 1.807) is 0 Å². The molecule has 1 aromatic carbocycles. The number of aryl methyl sites for hydroxylation is 1. The number of hydrogen-bond acceptors (Lipinski definition) is 3. The highest BCUT2D eigenvalue weighted by molar-refractivity contribution is 5.90. The van der Waals surface area contributed by atoms with Crippen LogP contribution in [0, 0.1) is 6.92 Å². The number of nitrogen functional groups attached to an aromatic ring is 1. The lowest BCUT2D eigenvalue weighted by Gasteiger charge is -2.08. The number of carbonyl (C=O) groups is 1. The smallest absolute Gasteiger partial charge is 0.337 e. The lowest BCUT2D eigenvalue weighted by Crippen LogP contribution is -2.02. The zero-order valence-corrected chi connectivity index (χ0v) is 9.34. The molecule has 17 heavy (non-hydrogen) atoms. The van der Waals surface area contributed by atoms with Crippen LogP contribution >= 0.6 is 0 Å². The van der Waals surface area contributed by atoms with Crippen LogP contribution in [0.2, 0.25) is 0 Å². The second kappa shape index (κ2) is 4.25. The first-order valence-corrected chi connectivity index (χ1v) is 5.14. The summed E-state index contributed by atoms with van der Waals surface area (Å²) >= 11 is 0. The maximum Gasteiger partial charge on any atom is 0.337 e. The number of aromatic nitrogens is 1. The van der Waals surface area contributed by atoms with E-state index < -0.39 is 5.97 Å². The van der Waals surface area contributed by atoms with Crippen molar-refractivity contribution in [3.05, 3.63) is 47.7 Å². The van der Waals surface area contributed by atoms with E-state index in [1.807, 2.05) is 31.2 Å². The summed E-state index contributed by atoms with van der Waals surface area (Å²) in [6.07, 6.45) is 1.32. The van der Waals surface area contributed by atoms with Crippen molar-refractivity contribution >= 4 is 11.7 Å². The quantitative estimate of drug-likeness (QED) is 0.827.